The van der Waals surface area contributed by atoms with E-state index in [2.05, 4.69) is 0 Å². The number of ether oxygens (including phenoxy) is 1. The number of halogens is 1. The van der Waals surface area contributed by atoms with Crippen molar-refractivity contribution in [1.29, 1.82) is 0 Å². The minimum absolute atomic E-state index is 0.0452. The average Bonchev–Trinajstić information content (AvgIpc) is 2.64. The van der Waals surface area contributed by atoms with E-state index in [4.69, 9.17) is 4.74 Å². The first-order chi connectivity index (χ1) is 9.43. The molecule has 108 valence electrons. The van der Waals surface area contributed by atoms with Gasteiger partial charge in [0.2, 0.25) is 5.78 Å². The van der Waals surface area contributed by atoms with Gasteiger partial charge in [-0.05, 0) is 43.5 Å². The Morgan fingerprint density at radius 3 is 2.70 bits per heavy atom. The van der Waals surface area contributed by atoms with Crippen LogP contribution in [0.1, 0.15) is 37.9 Å². The van der Waals surface area contributed by atoms with Crippen molar-refractivity contribution in [3.8, 4) is 0 Å². The summed E-state index contributed by atoms with van der Waals surface area (Å²) in [6, 6.07) is 4.17. The number of benzene rings is 1. The summed E-state index contributed by atoms with van der Waals surface area (Å²) in [4.78, 5) is 14.3. The number of nitrogens with zero attached hydrogens (tertiary/aromatic N) is 1. The van der Waals surface area contributed by atoms with Crippen LogP contribution in [0.15, 0.2) is 30.2 Å². The van der Waals surface area contributed by atoms with Crippen LogP contribution < -0.4 is 0 Å². The molecular weight excluding hydrogens is 257 g/mol. The standard InChI is InChI=1S/C16H20FNO2/c1-5-11-8-12(17)6-7-13(11)15-16(19)14(9-18(15)4)20-10(2)3/h6-10,15H,5H2,1-4H3. The zero-order valence-electron chi connectivity index (χ0n) is 12.3. The molecule has 1 unspecified atom stereocenters. The molecule has 0 aromatic heterocycles. The zero-order chi connectivity index (χ0) is 14.9. The van der Waals surface area contributed by atoms with Crippen molar-refractivity contribution < 1.29 is 13.9 Å². The Morgan fingerprint density at radius 1 is 1.40 bits per heavy atom. The minimum atomic E-state index is -0.417. The van der Waals surface area contributed by atoms with Gasteiger partial charge in [0.1, 0.15) is 11.9 Å². The SMILES string of the molecule is CCc1cc(F)ccc1C1C(=O)C(OC(C)C)=CN1C. The van der Waals surface area contributed by atoms with E-state index in [9.17, 15) is 9.18 Å². The molecule has 1 heterocycles. The molecule has 0 saturated carbocycles. The summed E-state index contributed by atoms with van der Waals surface area (Å²) in [5, 5.41) is 0. The maximum Gasteiger partial charge on any atom is 0.225 e. The van der Waals surface area contributed by atoms with Crippen molar-refractivity contribution >= 4 is 5.78 Å². The van der Waals surface area contributed by atoms with Crippen molar-refractivity contribution in [3.63, 3.8) is 0 Å². The Hall–Kier alpha value is -1.84. The van der Waals surface area contributed by atoms with Crippen LogP contribution in [-0.2, 0) is 16.0 Å². The molecule has 1 aliphatic heterocycles. The van der Waals surface area contributed by atoms with Crippen LogP contribution in [-0.4, -0.2) is 23.8 Å². The van der Waals surface area contributed by atoms with Gasteiger partial charge < -0.3 is 9.64 Å². The van der Waals surface area contributed by atoms with Gasteiger partial charge in [0.15, 0.2) is 5.76 Å². The van der Waals surface area contributed by atoms with Gasteiger partial charge in [-0.15, -0.1) is 0 Å². The van der Waals surface area contributed by atoms with E-state index in [1.165, 1.54) is 12.1 Å². The van der Waals surface area contributed by atoms with E-state index >= 15 is 0 Å². The highest BCUT2D eigenvalue weighted by Gasteiger charge is 2.35. The van der Waals surface area contributed by atoms with Crippen molar-refractivity contribution in [2.24, 2.45) is 0 Å². The average molecular weight is 277 g/mol. The van der Waals surface area contributed by atoms with Gasteiger partial charge in [0.25, 0.3) is 0 Å². The summed E-state index contributed by atoms with van der Waals surface area (Å²) in [5.74, 6) is 0.0340. The Balaban J connectivity index is 2.33. The fraction of sp³-hybridized carbons (Fsp3) is 0.438. The van der Waals surface area contributed by atoms with Gasteiger partial charge in [-0.3, -0.25) is 4.79 Å². The van der Waals surface area contributed by atoms with Crippen LogP contribution in [0.5, 0.6) is 0 Å². The summed E-state index contributed by atoms with van der Waals surface area (Å²) in [6.45, 7) is 5.73. The molecule has 1 aliphatic rings. The van der Waals surface area contributed by atoms with E-state index in [1.54, 1.807) is 12.3 Å². The Morgan fingerprint density at radius 2 is 2.10 bits per heavy atom. The number of aryl methyl sites for hydroxylation is 1. The summed E-state index contributed by atoms with van der Waals surface area (Å²) in [5.41, 5.74) is 1.70. The van der Waals surface area contributed by atoms with E-state index in [0.717, 1.165) is 11.1 Å². The van der Waals surface area contributed by atoms with Crippen LogP contribution in [0.4, 0.5) is 4.39 Å². The van der Waals surface area contributed by atoms with Crippen LogP contribution in [0.3, 0.4) is 0 Å². The van der Waals surface area contributed by atoms with Crippen LogP contribution in [0.25, 0.3) is 0 Å². The third kappa shape index (κ3) is 2.69. The molecule has 0 saturated heterocycles. The number of carbonyl (C=O) groups is 1. The van der Waals surface area contributed by atoms with E-state index < -0.39 is 6.04 Å². The highest BCUT2D eigenvalue weighted by molar-refractivity contribution is 6.00. The summed E-state index contributed by atoms with van der Waals surface area (Å²) in [6.07, 6.45) is 2.36. The lowest BCUT2D eigenvalue weighted by Crippen LogP contribution is -2.23. The first-order valence-corrected chi connectivity index (χ1v) is 6.87. The van der Waals surface area contributed by atoms with Gasteiger partial charge in [-0.25, -0.2) is 4.39 Å². The molecule has 0 amide bonds. The molecule has 1 aromatic carbocycles. The second-order valence-electron chi connectivity index (χ2n) is 5.29. The third-order valence-electron chi connectivity index (χ3n) is 3.36. The highest BCUT2D eigenvalue weighted by Crippen LogP contribution is 2.33. The summed E-state index contributed by atoms with van der Waals surface area (Å²) >= 11 is 0. The van der Waals surface area contributed by atoms with Gasteiger partial charge in [-0.2, -0.15) is 0 Å². The van der Waals surface area contributed by atoms with E-state index in [1.807, 2.05) is 32.7 Å². The number of carbonyl (C=O) groups excluding carboxylic acids is 1. The van der Waals surface area contributed by atoms with E-state index in [0.29, 0.717) is 12.2 Å². The topological polar surface area (TPSA) is 29.5 Å². The van der Waals surface area contributed by atoms with Crippen molar-refractivity contribution in [3.05, 3.63) is 47.1 Å². The van der Waals surface area contributed by atoms with Gasteiger partial charge in [-0.1, -0.05) is 13.0 Å². The fourth-order valence-electron chi connectivity index (χ4n) is 2.49. The number of hydrogen-bond acceptors (Lipinski definition) is 3. The molecule has 1 atom stereocenters. The lowest BCUT2D eigenvalue weighted by atomic mass is 9.96. The van der Waals surface area contributed by atoms with Crippen LogP contribution in [0.2, 0.25) is 0 Å². The Labute approximate surface area is 119 Å². The first kappa shape index (κ1) is 14.6. The molecule has 1 aromatic rings. The molecule has 0 N–H and O–H groups in total. The lowest BCUT2D eigenvalue weighted by molar-refractivity contribution is -0.121. The van der Waals surface area contributed by atoms with E-state index in [-0.39, 0.29) is 17.7 Å². The van der Waals surface area contributed by atoms with Crippen LogP contribution >= 0.6 is 0 Å². The maximum atomic E-state index is 13.3. The van der Waals surface area contributed by atoms with Gasteiger partial charge in [0, 0.05) is 13.2 Å². The minimum Gasteiger partial charge on any atom is -0.486 e. The highest BCUT2D eigenvalue weighted by atomic mass is 19.1. The summed E-state index contributed by atoms with van der Waals surface area (Å²) < 4.78 is 18.9. The van der Waals surface area contributed by atoms with Crippen molar-refractivity contribution in [2.75, 3.05) is 7.05 Å². The lowest BCUT2D eigenvalue weighted by Gasteiger charge is -2.22. The second kappa shape index (κ2) is 5.65. The normalized spacial score (nSPS) is 18.7. The van der Waals surface area contributed by atoms with Crippen molar-refractivity contribution in [1.82, 2.24) is 4.90 Å². The maximum absolute atomic E-state index is 13.3. The van der Waals surface area contributed by atoms with Crippen LogP contribution in [0, 0.1) is 5.82 Å². The monoisotopic (exact) mass is 277 g/mol. The Bertz CT molecular complexity index is 551. The zero-order valence-corrected chi connectivity index (χ0v) is 12.3. The molecule has 4 heteroatoms. The molecule has 3 nitrogen and oxygen atoms in total. The third-order valence-corrected chi connectivity index (χ3v) is 3.36. The number of Topliss-reactive ketones (excluding diaryl/α,β-unsaturated/α-hetero) is 1. The smallest absolute Gasteiger partial charge is 0.225 e. The molecule has 2 rings (SSSR count). The predicted molar refractivity (Wildman–Crippen MR) is 75.6 cm³/mol. The van der Waals surface area contributed by atoms with Gasteiger partial charge >= 0.3 is 0 Å². The number of ketones is 1. The number of rotatable bonds is 4. The summed E-state index contributed by atoms with van der Waals surface area (Å²) in [7, 11) is 1.84. The Kier molecular flexibility index (Phi) is 4.12. The van der Waals surface area contributed by atoms with Gasteiger partial charge in [0.05, 0.1) is 6.10 Å². The molecule has 0 aliphatic carbocycles. The molecular formula is C16H20FNO2. The quantitative estimate of drug-likeness (QED) is 0.846. The second-order valence-corrected chi connectivity index (χ2v) is 5.29. The number of likely N-dealkylation sites (N-methyl/N-ethyl adjacent to an activating group) is 1. The fourth-order valence-corrected chi connectivity index (χ4v) is 2.49. The predicted octanol–water partition coefficient (Wildman–Crippen LogP) is 3.21. The largest absolute Gasteiger partial charge is 0.486 e. The van der Waals surface area contributed by atoms with Crippen molar-refractivity contribution in [2.45, 2.75) is 39.3 Å². The molecule has 0 bridgehead atoms. The molecule has 0 fully saturated rings. The molecule has 0 radical (unpaired) electrons. The first-order valence-electron chi connectivity index (χ1n) is 6.87. The molecule has 20 heavy (non-hydrogen) atoms. The molecule has 0 spiro atoms. The number of hydrogen-bond donors (Lipinski definition) is 0.